The van der Waals surface area contributed by atoms with Crippen molar-refractivity contribution in [1.29, 1.82) is 0 Å². The van der Waals surface area contributed by atoms with Crippen molar-refractivity contribution in [2.24, 2.45) is 0 Å². The first kappa shape index (κ1) is 25.5. The number of carbonyl (C=O) groups excluding carboxylic acids is 3. The summed E-state index contributed by atoms with van der Waals surface area (Å²) in [6.45, 7) is -0.398. The zero-order valence-corrected chi connectivity index (χ0v) is 18.7. The number of hydrogen-bond donors (Lipinski definition) is 3. The fraction of sp³-hybridized carbons (Fsp3) is 0.208. The largest absolute Gasteiger partial charge is 0.467 e. The highest BCUT2D eigenvalue weighted by Gasteiger charge is 2.33. The Morgan fingerprint density at radius 3 is 2.09 bits per heavy atom. The summed E-state index contributed by atoms with van der Waals surface area (Å²) >= 11 is 0. The predicted octanol–water partition coefficient (Wildman–Crippen LogP) is 3.74. The van der Waals surface area contributed by atoms with Gasteiger partial charge in [-0.2, -0.15) is 13.2 Å². The number of likely N-dealkylation sites (N-methyl/N-ethyl adjacent to an activating group) is 1. The molecule has 2 aromatic carbocycles. The van der Waals surface area contributed by atoms with Crippen LogP contribution >= 0.6 is 0 Å². The summed E-state index contributed by atoms with van der Waals surface area (Å²) in [5.41, 5.74) is -0.823. The molecule has 0 bridgehead atoms. The van der Waals surface area contributed by atoms with Gasteiger partial charge in [0.2, 0.25) is 11.8 Å². The van der Waals surface area contributed by atoms with Crippen LogP contribution in [0, 0.1) is 0 Å². The van der Waals surface area contributed by atoms with E-state index in [1.165, 1.54) is 30.3 Å². The number of hydrogen-bond acceptors (Lipinski definition) is 5. The van der Waals surface area contributed by atoms with E-state index in [2.05, 4.69) is 16.0 Å². The van der Waals surface area contributed by atoms with E-state index in [4.69, 9.17) is 4.42 Å². The van der Waals surface area contributed by atoms with E-state index in [0.29, 0.717) is 5.76 Å². The normalized spacial score (nSPS) is 11.2. The van der Waals surface area contributed by atoms with Gasteiger partial charge < -0.3 is 20.4 Å². The lowest BCUT2D eigenvalue weighted by Crippen LogP contribution is -2.36. The van der Waals surface area contributed by atoms with Crippen molar-refractivity contribution in [3.8, 4) is 0 Å². The first-order chi connectivity index (χ1) is 16.6. The number of carbonyl (C=O) groups is 3. The Balaban J connectivity index is 1.54. The molecule has 3 aromatic rings. The van der Waals surface area contributed by atoms with E-state index in [1.54, 1.807) is 36.4 Å². The van der Waals surface area contributed by atoms with Gasteiger partial charge in [0.15, 0.2) is 0 Å². The van der Waals surface area contributed by atoms with Gasteiger partial charge in [-0.15, -0.1) is 0 Å². The molecular weight excluding hydrogens is 465 g/mol. The third kappa shape index (κ3) is 7.44. The number of alkyl halides is 3. The van der Waals surface area contributed by atoms with E-state index in [9.17, 15) is 27.6 Å². The van der Waals surface area contributed by atoms with Crippen LogP contribution in [0.25, 0.3) is 0 Å². The number of benzene rings is 2. The summed E-state index contributed by atoms with van der Waals surface area (Å²) in [5.74, 6) is -1.08. The highest BCUT2D eigenvalue weighted by atomic mass is 19.4. The van der Waals surface area contributed by atoms with Gasteiger partial charge in [-0.3, -0.25) is 19.3 Å². The maximum Gasteiger partial charge on any atom is 0.418 e. The molecule has 11 heteroatoms. The molecule has 0 saturated heterocycles. The van der Waals surface area contributed by atoms with Crippen LogP contribution in [0.2, 0.25) is 0 Å². The molecule has 0 radical (unpaired) electrons. The third-order valence-corrected chi connectivity index (χ3v) is 4.78. The second-order valence-corrected chi connectivity index (χ2v) is 7.62. The molecular formula is C24H23F3N4O4. The van der Waals surface area contributed by atoms with Crippen molar-refractivity contribution in [2.75, 3.05) is 30.8 Å². The third-order valence-electron chi connectivity index (χ3n) is 4.78. The zero-order chi connectivity index (χ0) is 25.4. The monoisotopic (exact) mass is 488 g/mol. The van der Waals surface area contributed by atoms with E-state index >= 15 is 0 Å². The van der Waals surface area contributed by atoms with E-state index in [0.717, 1.165) is 12.1 Å². The average molecular weight is 488 g/mol. The SMILES string of the molecule is CN(CC(=O)Nc1ccccc1C(=O)NCc1ccco1)CC(=O)Nc1ccccc1C(F)(F)F. The number of rotatable bonds is 9. The highest BCUT2D eigenvalue weighted by molar-refractivity contribution is 6.04. The molecule has 0 atom stereocenters. The molecule has 0 aliphatic heterocycles. The van der Waals surface area contributed by atoms with Gasteiger partial charge >= 0.3 is 6.18 Å². The van der Waals surface area contributed by atoms with Crippen LogP contribution in [-0.4, -0.2) is 42.8 Å². The Hall–Kier alpha value is -4.12. The number of furan rings is 1. The number of nitrogens with zero attached hydrogens (tertiary/aromatic N) is 1. The van der Waals surface area contributed by atoms with Crippen molar-refractivity contribution in [1.82, 2.24) is 10.2 Å². The standard InChI is InChI=1S/C24H23F3N4O4/c1-31(15-22(33)30-20-11-5-3-9-18(20)24(25,26)27)14-21(32)29-19-10-4-2-8-17(19)23(34)28-13-16-7-6-12-35-16/h2-12H,13-15H2,1H3,(H,28,34)(H,29,32)(H,30,33). The van der Waals surface area contributed by atoms with Crippen LogP contribution in [0.5, 0.6) is 0 Å². The molecule has 0 spiro atoms. The molecule has 3 rings (SSSR count). The summed E-state index contributed by atoms with van der Waals surface area (Å²) in [6.07, 6.45) is -3.13. The molecule has 0 aliphatic rings. The first-order valence-corrected chi connectivity index (χ1v) is 10.5. The second kappa shape index (κ2) is 11.3. The molecule has 0 aliphatic carbocycles. The Kier molecular flexibility index (Phi) is 8.26. The molecule has 1 heterocycles. The van der Waals surface area contributed by atoms with E-state index < -0.39 is 29.5 Å². The molecule has 184 valence electrons. The van der Waals surface area contributed by atoms with E-state index in [1.807, 2.05) is 0 Å². The first-order valence-electron chi connectivity index (χ1n) is 10.5. The van der Waals surface area contributed by atoms with Crippen LogP contribution in [-0.2, 0) is 22.3 Å². The van der Waals surface area contributed by atoms with Gasteiger partial charge in [0.05, 0.1) is 48.4 Å². The van der Waals surface area contributed by atoms with Crippen LogP contribution in [0.3, 0.4) is 0 Å². The summed E-state index contributed by atoms with van der Waals surface area (Å²) in [7, 11) is 1.47. The smallest absolute Gasteiger partial charge is 0.418 e. The fourth-order valence-electron chi connectivity index (χ4n) is 3.23. The maximum atomic E-state index is 13.1. The van der Waals surface area contributed by atoms with Gasteiger partial charge in [0, 0.05) is 0 Å². The number of amides is 3. The van der Waals surface area contributed by atoms with Crippen molar-refractivity contribution < 1.29 is 32.0 Å². The van der Waals surface area contributed by atoms with Crippen LogP contribution in [0.1, 0.15) is 21.7 Å². The minimum atomic E-state index is -4.62. The number of halogens is 3. The quantitative estimate of drug-likeness (QED) is 0.426. The average Bonchev–Trinajstić information content (AvgIpc) is 3.31. The number of anilines is 2. The summed E-state index contributed by atoms with van der Waals surface area (Å²) in [5, 5.41) is 7.54. The fourth-order valence-corrected chi connectivity index (χ4v) is 3.23. The van der Waals surface area contributed by atoms with Crippen molar-refractivity contribution in [3.63, 3.8) is 0 Å². The lowest BCUT2D eigenvalue weighted by Gasteiger charge is -2.18. The summed E-state index contributed by atoms with van der Waals surface area (Å²) in [6, 6.07) is 14.4. The molecule has 35 heavy (non-hydrogen) atoms. The lowest BCUT2D eigenvalue weighted by atomic mass is 10.1. The summed E-state index contributed by atoms with van der Waals surface area (Å²) in [4.78, 5) is 38.6. The Morgan fingerprint density at radius 1 is 0.857 bits per heavy atom. The Morgan fingerprint density at radius 2 is 1.46 bits per heavy atom. The Bertz CT molecular complexity index is 1180. The van der Waals surface area contributed by atoms with Gasteiger partial charge in [0.25, 0.3) is 5.91 Å². The minimum Gasteiger partial charge on any atom is -0.467 e. The maximum absolute atomic E-state index is 13.1. The minimum absolute atomic E-state index is 0.170. The molecule has 0 saturated carbocycles. The molecule has 3 N–H and O–H groups in total. The van der Waals surface area contributed by atoms with Gasteiger partial charge in [-0.05, 0) is 43.4 Å². The molecule has 0 fully saturated rings. The van der Waals surface area contributed by atoms with Crippen molar-refractivity contribution in [3.05, 3.63) is 83.8 Å². The number of nitrogens with one attached hydrogen (secondary N) is 3. The zero-order valence-electron chi connectivity index (χ0n) is 18.7. The Labute approximate surface area is 199 Å². The second-order valence-electron chi connectivity index (χ2n) is 7.62. The van der Waals surface area contributed by atoms with Crippen LogP contribution in [0.4, 0.5) is 24.5 Å². The van der Waals surface area contributed by atoms with Crippen LogP contribution in [0.15, 0.2) is 71.3 Å². The lowest BCUT2D eigenvalue weighted by molar-refractivity contribution is -0.137. The number of para-hydroxylation sites is 2. The summed E-state index contributed by atoms with van der Waals surface area (Å²) < 4.78 is 44.5. The highest BCUT2D eigenvalue weighted by Crippen LogP contribution is 2.34. The van der Waals surface area contributed by atoms with Crippen molar-refractivity contribution in [2.45, 2.75) is 12.7 Å². The van der Waals surface area contributed by atoms with E-state index in [-0.39, 0.29) is 36.6 Å². The van der Waals surface area contributed by atoms with Crippen LogP contribution < -0.4 is 16.0 Å². The molecule has 3 amide bonds. The molecule has 1 aromatic heterocycles. The molecule has 0 unspecified atom stereocenters. The topological polar surface area (TPSA) is 104 Å². The predicted molar refractivity (Wildman–Crippen MR) is 123 cm³/mol. The van der Waals surface area contributed by atoms with Crippen molar-refractivity contribution >= 4 is 29.1 Å². The van der Waals surface area contributed by atoms with Gasteiger partial charge in [-0.1, -0.05) is 24.3 Å². The molecule has 8 nitrogen and oxygen atoms in total. The van der Waals surface area contributed by atoms with Gasteiger partial charge in [0.1, 0.15) is 5.76 Å². The van der Waals surface area contributed by atoms with Gasteiger partial charge in [-0.25, -0.2) is 0 Å².